The minimum absolute atomic E-state index is 0.00140. The minimum Gasteiger partial charge on any atom is -0.486 e. The van der Waals surface area contributed by atoms with E-state index in [-0.39, 0.29) is 48.6 Å². The van der Waals surface area contributed by atoms with Crippen LogP contribution in [0.4, 0.5) is 5.69 Å². The number of nitrogens with zero attached hydrogens (tertiary/aromatic N) is 3. The Morgan fingerprint density at radius 3 is 2.46 bits per heavy atom. The van der Waals surface area contributed by atoms with Crippen LogP contribution in [0.3, 0.4) is 0 Å². The number of imide groups is 1. The van der Waals surface area contributed by atoms with Crippen molar-refractivity contribution in [2.24, 2.45) is 0 Å². The van der Waals surface area contributed by atoms with Gasteiger partial charge in [-0.25, -0.2) is 0 Å². The highest BCUT2D eigenvalue weighted by molar-refractivity contribution is 6.23. The zero-order valence-corrected chi connectivity index (χ0v) is 18.9. The number of nitro groups is 1. The average molecular weight is 477 g/mol. The lowest BCUT2D eigenvalue weighted by Crippen LogP contribution is -2.52. The van der Waals surface area contributed by atoms with Gasteiger partial charge >= 0.3 is 0 Å². The molecule has 0 aliphatic carbocycles. The highest BCUT2D eigenvalue weighted by Crippen LogP contribution is 2.39. The number of hydrogen-bond donors (Lipinski definition) is 0. The molecule has 10 nitrogen and oxygen atoms in total. The molecule has 3 heterocycles. The van der Waals surface area contributed by atoms with Crippen LogP contribution >= 0.6 is 0 Å². The van der Waals surface area contributed by atoms with Crippen LogP contribution in [0.2, 0.25) is 0 Å². The van der Waals surface area contributed by atoms with Crippen molar-refractivity contribution in [3.8, 4) is 5.75 Å². The van der Waals surface area contributed by atoms with Gasteiger partial charge in [-0.1, -0.05) is 18.2 Å². The van der Waals surface area contributed by atoms with Crippen molar-refractivity contribution in [1.29, 1.82) is 0 Å². The number of carbonyl (C=O) groups is 4. The van der Waals surface area contributed by atoms with E-state index in [0.717, 1.165) is 4.90 Å². The summed E-state index contributed by atoms with van der Waals surface area (Å²) in [5, 5.41) is 11.2. The van der Waals surface area contributed by atoms with Crippen LogP contribution in [0.15, 0.2) is 42.5 Å². The summed E-state index contributed by atoms with van der Waals surface area (Å²) in [6.07, 6.45) is 1.76. The van der Waals surface area contributed by atoms with Crippen LogP contribution in [0.1, 0.15) is 63.2 Å². The summed E-state index contributed by atoms with van der Waals surface area (Å²) in [6, 6.07) is 11.2. The van der Waals surface area contributed by atoms with Crippen molar-refractivity contribution in [3.05, 3.63) is 69.3 Å². The maximum Gasteiger partial charge on any atom is 0.282 e. The SMILES string of the molecule is O=C1CC2(CCN(C(=O)CCCN3C(=O)c4cccc([N+](=O)[O-])c4C3=O)CC2)Oc2ccccc21. The summed E-state index contributed by atoms with van der Waals surface area (Å²) in [4.78, 5) is 63.8. The molecule has 10 heteroatoms. The van der Waals surface area contributed by atoms with Gasteiger partial charge in [-0.3, -0.25) is 34.2 Å². The van der Waals surface area contributed by atoms with Crippen molar-refractivity contribution < 1.29 is 28.8 Å². The molecule has 1 spiro atoms. The van der Waals surface area contributed by atoms with Crippen molar-refractivity contribution >= 4 is 29.2 Å². The molecule has 0 bridgehead atoms. The van der Waals surface area contributed by atoms with Gasteiger partial charge in [0.25, 0.3) is 17.5 Å². The van der Waals surface area contributed by atoms with Crippen molar-refractivity contribution in [1.82, 2.24) is 9.80 Å². The van der Waals surface area contributed by atoms with Gasteiger partial charge in [0.15, 0.2) is 5.78 Å². The van der Waals surface area contributed by atoms with Gasteiger partial charge in [-0.15, -0.1) is 0 Å². The van der Waals surface area contributed by atoms with E-state index in [1.807, 2.05) is 12.1 Å². The highest BCUT2D eigenvalue weighted by atomic mass is 16.6. The smallest absolute Gasteiger partial charge is 0.282 e. The molecule has 180 valence electrons. The van der Waals surface area contributed by atoms with Crippen molar-refractivity contribution in [3.63, 3.8) is 0 Å². The molecule has 5 rings (SSSR count). The van der Waals surface area contributed by atoms with Gasteiger partial charge in [0.1, 0.15) is 16.9 Å². The molecule has 3 aliphatic rings. The predicted octanol–water partition coefficient (Wildman–Crippen LogP) is 3.00. The van der Waals surface area contributed by atoms with Crippen LogP contribution < -0.4 is 4.74 Å². The topological polar surface area (TPSA) is 127 Å². The summed E-state index contributed by atoms with van der Waals surface area (Å²) in [6.45, 7) is 0.905. The molecular formula is C25H23N3O7. The number of ketones is 1. The molecule has 2 aromatic rings. The van der Waals surface area contributed by atoms with E-state index in [9.17, 15) is 29.3 Å². The zero-order chi connectivity index (χ0) is 24.7. The fourth-order valence-electron chi connectivity index (χ4n) is 5.10. The van der Waals surface area contributed by atoms with Gasteiger partial charge in [-0.2, -0.15) is 0 Å². The monoisotopic (exact) mass is 477 g/mol. The Labute approximate surface area is 200 Å². The fourth-order valence-corrected chi connectivity index (χ4v) is 5.10. The van der Waals surface area contributed by atoms with Gasteiger partial charge in [-0.05, 0) is 24.6 Å². The number of nitro benzene ring substituents is 1. The van der Waals surface area contributed by atoms with Crippen LogP contribution in [0, 0.1) is 10.1 Å². The van der Waals surface area contributed by atoms with E-state index in [1.54, 1.807) is 17.0 Å². The van der Waals surface area contributed by atoms with Crippen molar-refractivity contribution in [2.75, 3.05) is 19.6 Å². The molecule has 0 unspecified atom stereocenters. The molecule has 35 heavy (non-hydrogen) atoms. The molecular weight excluding hydrogens is 454 g/mol. The second-order valence-corrected chi connectivity index (χ2v) is 9.08. The maximum atomic E-state index is 12.8. The average Bonchev–Trinajstić information content (AvgIpc) is 3.09. The van der Waals surface area contributed by atoms with E-state index >= 15 is 0 Å². The summed E-state index contributed by atoms with van der Waals surface area (Å²) in [5.41, 5.74) is -0.584. The van der Waals surface area contributed by atoms with Crippen LogP contribution in [0.25, 0.3) is 0 Å². The minimum atomic E-state index is -0.705. The number of likely N-dealkylation sites (tertiary alicyclic amines) is 1. The summed E-state index contributed by atoms with van der Waals surface area (Å²) in [7, 11) is 0. The fraction of sp³-hybridized carbons (Fsp3) is 0.360. The van der Waals surface area contributed by atoms with E-state index in [2.05, 4.69) is 0 Å². The first-order valence-corrected chi connectivity index (χ1v) is 11.5. The Morgan fingerprint density at radius 2 is 1.71 bits per heavy atom. The zero-order valence-electron chi connectivity index (χ0n) is 18.9. The quantitative estimate of drug-likeness (QED) is 0.368. The molecule has 1 saturated heterocycles. The maximum absolute atomic E-state index is 12.8. The molecule has 3 aliphatic heterocycles. The van der Waals surface area contributed by atoms with E-state index < -0.39 is 28.0 Å². The summed E-state index contributed by atoms with van der Waals surface area (Å²) < 4.78 is 6.20. The second-order valence-electron chi connectivity index (χ2n) is 9.08. The molecule has 0 N–H and O–H groups in total. The van der Waals surface area contributed by atoms with Gasteiger partial charge in [0.2, 0.25) is 5.91 Å². The summed E-state index contributed by atoms with van der Waals surface area (Å²) in [5.74, 6) is -0.757. The molecule has 1 fully saturated rings. The van der Waals surface area contributed by atoms with Gasteiger partial charge < -0.3 is 9.64 Å². The lowest BCUT2D eigenvalue weighted by Gasteiger charge is -2.44. The van der Waals surface area contributed by atoms with Crippen molar-refractivity contribution in [2.45, 2.75) is 37.7 Å². The normalized spacial score (nSPS) is 18.3. The first kappa shape index (κ1) is 22.7. The highest BCUT2D eigenvalue weighted by Gasteiger charge is 2.44. The molecule has 3 amide bonds. The third kappa shape index (κ3) is 3.94. The number of piperidine rings is 1. The largest absolute Gasteiger partial charge is 0.486 e. The third-order valence-corrected chi connectivity index (χ3v) is 6.97. The van der Waals surface area contributed by atoms with E-state index in [4.69, 9.17) is 4.74 Å². The Bertz CT molecular complexity index is 1260. The molecule has 0 radical (unpaired) electrons. The standard InChI is InChI=1S/C25H23N3O7/c29-19-15-25(35-20-8-2-1-5-16(19)20)10-13-26(14-11-25)21(30)9-4-12-27-23(31)17-6-3-7-18(28(33)34)22(17)24(27)32/h1-3,5-8H,4,9-15H2. The number of fused-ring (bicyclic) bond motifs is 2. The molecule has 2 aromatic carbocycles. The number of carbonyl (C=O) groups excluding carboxylic acids is 4. The Morgan fingerprint density at radius 1 is 1.00 bits per heavy atom. The lowest BCUT2D eigenvalue weighted by molar-refractivity contribution is -0.385. The Balaban J connectivity index is 1.15. The lowest BCUT2D eigenvalue weighted by atomic mass is 9.82. The van der Waals surface area contributed by atoms with Gasteiger partial charge in [0, 0.05) is 45.0 Å². The number of Topliss-reactive ketones (excluding diaryl/α,β-unsaturated/α-hetero) is 1. The molecule has 0 aromatic heterocycles. The van der Waals surface area contributed by atoms with Crippen LogP contribution in [-0.2, 0) is 4.79 Å². The van der Waals surface area contributed by atoms with E-state index in [1.165, 1.54) is 18.2 Å². The molecule has 0 saturated carbocycles. The second kappa shape index (κ2) is 8.61. The first-order valence-electron chi connectivity index (χ1n) is 11.5. The number of para-hydroxylation sites is 1. The summed E-state index contributed by atoms with van der Waals surface area (Å²) >= 11 is 0. The Hall–Kier alpha value is -4.08. The number of amides is 3. The number of hydrogen-bond acceptors (Lipinski definition) is 7. The number of rotatable bonds is 5. The number of benzene rings is 2. The Kier molecular flexibility index (Phi) is 5.58. The predicted molar refractivity (Wildman–Crippen MR) is 122 cm³/mol. The van der Waals surface area contributed by atoms with E-state index in [0.29, 0.717) is 37.2 Å². The third-order valence-electron chi connectivity index (χ3n) is 6.97. The van der Waals surface area contributed by atoms with Crippen LogP contribution in [-0.4, -0.2) is 63.5 Å². The number of ether oxygens (including phenoxy) is 1. The molecule has 0 atom stereocenters. The first-order chi connectivity index (χ1) is 16.8. The van der Waals surface area contributed by atoms with Gasteiger partial charge in [0.05, 0.1) is 22.5 Å². The van der Waals surface area contributed by atoms with Crippen LogP contribution in [0.5, 0.6) is 5.75 Å².